The highest BCUT2D eigenvalue weighted by molar-refractivity contribution is 6.40. The first-order chi connectivity index (χ1) is 11.5. The van der Waals surface area contributed by atoms with E-state index in [-0.39, 0.29) is 0 Å². The van der Waals surface area contributed by atoms with Crippen LogP contribution in [-0.2, 0) is 9.59 Å². The van der Waals surface area contributed by atoms with Crippen molar-refractivity contribution < 1.29 is 14.3 Å². The molecule has 2 aromatic rings. The van der Waals surface area contributed by atoms with Crippen molar-refractivity contribution in [2.24, 2.45) is 5.10 Å². The third kappa shape index (κ3) is 4.82. The molecule has 2 amide bonds. The first-order valence-corrected chi connectivity index (χ1v) is 7.42. The van der Waals surface area contributed by atoms with Gasteiger partial charge >= 0.3 is 11.8 Å². The summed E-state index contributed by atoms with van der Waals surface area (Å²) in [6, 6.07) is 12.1. The number of rotatable bonds is 4. The van der Waals surface area contributed by atoms with E-state index in [2.05, 4.69) is 15.8 Å². The van der Waals surface area contributed by atoms with E-state index in [9.17, 15) is 9.59 Å². The van der Waals surface area contributed by atoms with Crippen LogP contribution in [0.25, 0.3) is 0 Å². The highest BCUT2D eigenvalue weighted by Gasteiger charge is 2.14. The summed E-state index contributed by atoms with van der Waals surface area (Å²) < 4.78 is 5.04. The highest BCUT2D eigenvalue weighted by Crippen LogP contribution is 2.19. The lowest BCUT2D eigenvalue weighted by Crippen LogP contribution is -2.32. The zero-order valence-corrected chi connectivity index (χ0v) is 13.9. The van der Waals surface area contributed by atoms with Crippen molar-refractivity contribution in [1.82, 2.24) is 5.43 Å². The second kappa shape index (κ2) is 8.12. The molecule has 0 aliphatic carbocycles. The summed E-state index contributed by atoms with van der Waals surface area (Å²) in [4.78, 5) is 23.6. The Morgan fingerprint density at radius 1 is 1.12 bits per heavy atom. The third-order valence-corrected chi connectivity index (χ3v) is 3.38. The van der Waals surface area contributed by atoms with Gasteiger partial charge in [-0.2, -0.15) is 5.10 Å². The van der Waals surface area contributed by atoms with Gasteiger partial charge in [-0.3, -0.25) is 9.59 Å². The summed E-state index contributed by atoms with van der Waals surface area (Å²) in [5, 5.41) is 6.70. The molecule has 2 aromatic carbocycles. The largest absolute Gasteiger partial charge is 0.497 e. The summed E-state index contributed by atoms with van der Waals surface area (Å²) in [5.41, 5.74) is 4.19. The molecule has 0 atom stereocenters. The van der Waals surface area contributed by atoms with Gasteiger partial charge in [-0.1, -0.05) is 17.7 Å². The molecule has 0 saturated heterocycles. The monoisotopic (exact) mass is 345 g/mol. The van der Waals surface area contributed by atoms with Gasteiger partial charge in [0.2, 0.25) is 0 Å². The molecule has 0 unspecified atom stereocenters. The van der Waals surface area contributed by atoms with Crippen LogP contribution < -0.4 is 15.5 Å². The van der Waals surface area contributed by atoms with Gasteiger partial charge in [-0.15, -0.1) is 0 Å². The van der Waals surface area contributed by atoms with Crippen LogP contribution in [0.15, 0.2) is 47.6 Å². The number of ether oxygens (including phenoxy) is 1. The maximum absolute atomic E-state index is 11.8. The lowest BCUT2D eigenvalue weighted by molar-refractivity contribution is -0.136. The summed E-state index contributed by atoms with van der Waals surface area (Å²) in [5.74, 6) is -0.987. The Morgan fingerprint density at radius 3 is 2.50 bits per heavy atom. The van der Waals surface area contributed by atoms with Crippen LogP contribution in [-0.4, -0.2) is 25.1 Å². The number of methoxy groups -OCH3 is 1. The van der Waals surface area contributed by atoms with Crippen LogP contribution >= 0.6 is 11.6 Å². The number of carbonyl (C=O) groups is 2. The van der Waals surface area contributed by atoms with Gasteiger partial charge in [0, 0.05) is 10.7 Å². The second-order valence-corrected chi connectivity index (χ2v) is 5.32. The molecule has 0 fully saturated rings. The van der Waals surface area contributed by atoms with Gasteiger partial charge in [0.1, 0.15) is 5.75 Å². The van der Waals surface area contributed by atoms with Crippen LogP contribution in [0, 0.1) is 6.92 Å². The van der Waals surface area contributed by atoms with E-state index in [1.807, 2.05) is 0 Å². The van der Waals surface area contributed by atoms with Crippen LogP contribution in [0.4, 0.5) is 5.69 Å². The summed E-state index contributed by atoms with van der Waals surface area (Å²) in [6.07, 6.45) is 1.43. The fourth-order valence-electron chi connectivity index (χ4n) is 1.81. The number of aryl methyl sites for hydroxylation is 1. The molecule has 0 bridgehead atoms. The van der Waals surface area contributed by atoms with Crippen molar-refractivity contribution in [3.8, 4) is 5.75 Å². The van der Waals surface area contributed by atoms with Crippen molar-refractivity contribution in [2.75, 3.05) is 12.4 Å². The Hall–Kier alpha value is -2.86. The van der Waals surface area contributed by atoms with E-state index in [4.69, 9.17) is 16.3 Å². The quantitative estimate of drug-likeness (QED) is 0.508. The first-order valence-electron chi connectivity index (χ1n) is 7.04. The molecule has 2 N–H and O–H groups in total. The fourth-order valence-corrected chi connectivity index (χ4v) is 1.99. The molecule has 0 aromatic heterocycles. The molecule has 0 spiro atoms. The molecule has 7 heteroatoms. The van der Waals surface area contributed by atoms with E-state index in [0.717, 1.165) is 11.1 Å². The van der Waals surface area contributed by atoms with E-state index in [0.29, 0.717) is 16.5 Å². The number of hydrazone groups is 1. The molecule has 124 valence electrons. The standard InChI is InChI=1S/C17H16ClN3O3/c1-11-3-6-13(18)9-15(11)20-16(22)17(23)21-19-10-12-4-7-14(24-2)8-5-12/h3-10H,1-2H3,(H,20,22)(H,21,23)/b19-10-. The Kier molecular flexibility index (Phi) is 5.92. The molecule has 0 radical (unpaired) electrons. The number of halogens is 1. The molecule has 24 heavy (non-hydrogen) atoms. The molecule has 0 aliphatic heterocycles. The number of hydrogen-bond acceptors (Lipinski definition) is 4. The van der Waals surface area contributed by atoms with Gasteiger partial charge in [-0.05, 0) is 54.4 Å². The summed E-state index contributed by atoms with van der Waals surface area (Å²) in [7, 11) is 1.57. The number of nitrogens with one attached hydrogen (secondary N) is 2. The number of amides is 2. The third-order valence-electron chi connectivity index (χ3n) is 3.15. The lowest BCUT2D eigenvalue weighted by atomic mass is 10.2. The van der Waals surface area contributed by atoms with E-state index in [1.165, 1.54) is 6.21 Å². The topological polar surface area (TPSA) is 79.8 Å². The Morgan fingerprint density at radius 2 is 1.83 bits per heavy atom. The summed E-state index contributed by atoms with van der Waals surface area (Å²) >= 11 is 5.87. The van der Waals surface area contributed by atoms with Crippen molar-refractivity contribution >= 4 is 35.3 Å². The number of carbonyl (C=O) groups excluding carboxylic acids is 2. The van der Waals surface area contributed by atoms with Crippen LogP contribution in [0.5, 0.6) is 5.75 Å². The predicted octanol–water partition coefficient (Wildman–Crippen LogP) is 2.75. The van der Waals surface area contributed by atoms with Crippen molar-refractivity contribution in [1.29, 1.82) is 0 Å². The average molecular weight is 346 g/mol. The normalized spacial score (nSPS) is 10.5. The lowest BCUT2D eigenvalue weighted by Gasteiger charge is -2.07. The SMILES string of the molecule is COc1ccc(/C=N\NC(=O)C(=O)Nc2cc(Cl)ccc2C)cc1. The number of benzene rings is 2. The van der Waals surface area contributed by atoms with Crippen molar-refractivity contribution in [2.45, 2.75) is 6.92 Å². The average Bonchev–Trinajstić information content (AvgIpc) is 2.58. The Labute approximate surface area is 144 Å². The minimum atomic E-state index is -0.876. The van der Waals surface area contributed by atoms with E-state index < -0.39 is 11.8 Å². The number of nitrogens with zero attached hydrogens (tertiary/aromatic N) is 1. The summed E-state index contributed by atoms with van der Waals surface area (Å²) in [6.45, 7) is 1.80. The zero-order chi connectivity index (χ0) is 17.5. The minimum Gasteiger partial charge on any atom is -0.497 e. The van der Waals surface area contributed by atoms with Gasteiger partial charge in [0.05, 0.1) is 13.3 Å². The molecular weight excluding hydrogens is 330 g/mol. The first kappa shape index (κ1) is 17.5. The Balaban J connectivity index is 1.92. The fraction of sp³-hybridized carbons (Fsp3) is 0.118. The van der Waals surface area contributed by atoms with Crippen LogP contribution in [0.1, 0.15) is 11.1 Å². The number of hydrogen-bond donors (Lipinski definition) is 2. The van der Waals surface area contributed by atoms with Crippen molar-refractivity contribution in [3.63, 3.8) is 0 Å². The molecule has 0 saturated carbocycles. The van der Waals surface area contributed by atoms with Crippen molar-refractivity contribution in [3.05, 3.63) is 58.6 Å². The molecule has 0 aliphatic rings. The van der Waals surface area contributed by atoms with Crippen LogP contribution in [0.2, 0.25) is 5.02 Å². The number of anilines is 1. The van der Waals surface area contributed by atoms with E-state index >= 15 is 0 Å². The van der Waals surface area contributed by atoms with Gasteiger partial charge < -0.3 is 10.1 Å². The highest BCUT2D eigenvalue weighted by atomic mass is 35.5. The molecular formula is C17H16ClN3O3. The van der Waals surface area contributed by atoms with Crippen LogP contribution in [0.3, 0.4) is 0 Å². The van der Waals surface area contributed by atoms with Gasteiger partial charge in [-0.25, -0.2) is 5.43 Å². The molecule has 6 nitrogen and oxygen atoms in total. The van der Waals surface area contributed by atoms with E-state index in [1.54, 1.807) is 56.5 Å². The maximum atomic E-state index is 11.8. The minimum absolute atomic E-state index is 0.467. The molecule has 0 heterocycles. The van der Waals surface area contributed by atoms with Gasteiger partial charge in [0.25, 0.3) is 0 Å². The molecule has 2 rings (SSSR count). The van der Waals surface area contributed by atoms with Gasteiger partial charge in [0.15, 0.2) is 0 Å². The zero-order valence-electron chi connectivity index (χ0n) is 13.2. The smallest absolute Gasteiger partial charge is 0.329 e. The maximum Gasteiger partial charge on any atom is 0.329 e. The Bertz CT molecular complexity index is 773. The second-order valence-electron chi connectivity index (χ2n) is 4.89. The predicted molar refractivity (Wildman–Crippen MR) is 93.5 cm³/mol.